The zero-order chi connectivity index (χ0) is 25.1. The van der Waals surface area contributed by atoms with Gasteiger partial charge >= 0.3 is 6.09 Å². The molecule has 1 saturated carbocycles. The second-order valence-electron chi connectivity index (χ2n) is 9.56. The number of ketones is 1. The van der Waals surface area contributed by atoms with E-state index in [0.717, 1.165) is 38.4 Å². The predicted molar refractivity (Wildman–Crippen MR) is 128 cm³/mol. The van der Waals surface area contributed by atoms with E-state index in [1.165, 1.54) is 0 Å². The van der Waals surface area contributed by atoms with Crippen LogP contribution in [0.4, 0.5) is 4.79 Å². The van der Waals surface area contributed by atoms with Crippen LogP contribution < -0.4 is 4.72 Å². The lowest BCUT2D eigenvalue weighted by Gasteiger charge is -2.29. The first-order chi connectivity index (χ1) is 15.4. The number of allylic oxidation sites excluding steroid dienone is 2. The molecule has 0 spiro atoms. The number of unbranched alkanes of at least 4 members (excludes halogenated alkanes) is 3. The largest absolute Gasteiger partial charge is 0.449 e. The summed E-state index contributed by atoms with van der Waals surface area (Å²) in [5, 5.41) is 20.9. The molecule has 1 aliphatic rings. The van der Waals surface area contributed by atoms with Gasteiger partial charge < -0.3 is 14.9 Å². The van der Waals surface area contributed by atoms with Gasteiger partial charge in [-0.25, -0.2) is 17.9 Å². The van der Waals surface area contributed by atoms with Crippen molar-refractivity contribution in [2.24, 2.45) is 17.3 Å². The second kappa shape index (κ2) is 13.9. The van der Waals surface area contributed by atoms with Gasteiger partial charge in [0.15, 0.2) is 0 Å². The van der Waals surface area contributed by atoms with E-state index in [9.17, 15) is 28.2 Å². The van der Waals surface area contributed by atoms with Gasteiger partial charge in [-0.2, -0.15) is 0 Å². The molecule has 1 aliphatic carbocycles. The third-order valence-electron chi connectivity index (χ3n) is 6.05. The number of aliphatic hydroxyl groups is 2. The maximum atomic E-state index is 12.4. The molecule has 0 aromatic heterocycles. The zero-order valence-corrected chi connectivity index (χ0v) is 21.1. The minimum Gasteiger partial charge on any atom is -0.449 e. The molecule has 0 radical (unpaired) electrons. The van der Waals surface area contributed by atoms with Crippen molar-refractivity contribution in [3.8, 4) is 0 Å². The summed E-state index contributed by atoms with van der Waals surface area (Å²) in [5.74, 6) is -0.575. The van der Waals surface area contributed by atoms with E-state index >= 15 is 0 Å². The molecule has 0 saturated heterocycles. The summed E-state index contributed by atoms with van der Waals surface area (Å²) < 4.78 is 28.3. The van der Waals surface area contributed by atoms with Gasteiger partial charge in [0.1, 0.15) is 5.78 Å². The van der Waals surface area contributed by atoms with Crippen LogP contribution in [0.3, 0.4) is 0 Å². The fraction of sp³-hybridized carbons (Fsp3) is 0.750. The van der Waals surface area contributed by atoms with Crippen molar-refractivity contribution >= 4 is 21.9 Å². The van der Waals surface area contributed by atoms with Crippen molar-refractivity contribution < 1.29 is 33.0 Å². The van der Waals surface area contributed by atoms with Crippen LogP contribution in [0, 0.1) is 17.3 Å². The van der Waals surface area contributed by atoms with E-state index in [2.05, 4.69) is 6.92 Å². The minimum atomic E-state index is -3.62. The highest BCUT2D eigenvalue weighted by Gasteiger charge is 2.39. The fourth-order valence-electron chi connectivity index (χ4n) is 3.87. The lowest BCUT2D eigenvalue weighted by molar-refractivity contribution is -0.121. The molecule has 4 atom stereocenters. The Morgan fingerprint density at radius 1 is 1.27 bits per heavy atom. The number of hydrogen-bond acceptors (Lipinski definition) is 7. The molecular weight excluding hydrogens is 446 g/mol. The second-order valence-corrected chi connectivity index (χ2v) is 11.3. The van der Waals surface area contributed by atoms with Crippen molar-refractivity contribution in [1.82, 2.24) is 4.72 Å². The third kappa shape index (κ3) is 11.3. The van der Waals surface area contributed by atoms with Gasteiger partial charge in [-0.1, -0.05) is 57.9 Å². The van der Waals surface area contributed by atoms with Crippen LogP contribution in [0.1, 0.15) is 72.1 Å². The molecule has 1 amide bonds. The van der Waals surface area contributed by atoms with Crippen molar-refractivity contribution in [2.45, 2.75) is 84.3 Å². The first-order valence-electron chi connectivity index (χ1n) is 11.7. The van der Waals surface area contributed by atoms with E-state index in [1.54, 1.807) is 10.8 Å². The van der Waals surface area contributed by atoms with Crippen LogP contribution in [-0.2, 0) is 19.6 Å². The number of hydrogen-bond donors (Lipinski definition) is 3. The first-order valence-corrected chi connectivity index (χ1v) is 13.6. The molecule has 3 N–H and O–H groups in total. The van der Waals surface area contributed by atoms with Crippen molar-refractivity contribution in [1.29, 1.82) is 0 Å². The average molecular weight is 488 g/mol. The summed E-state index contributed by atoms with van der Waals surface area (Å²) in [5.41, 5.74) is -0.259. The van der Waals surface area contributed by atoms with Crippen LogP contribution in [0.25, 0.3) is 0 Å². The van der Waals surface area contributed by atoms with Crippen LogP contribution in [0.2, 0.25) is 0 Å². The van der Waals surface area contributed by atoms with E-state index in [1.807, 2.05) is 32.1 Å². The monoisotopic (exact) mass is 487 g/mol. The summed E-state index contributed by atoms with van der Waals surface area (Å²) in [6, 6.07) is 0. The van der Waals surface area contributed by atoms with Crippen LogP contribution in [-0.4, -0.2) is 55.6 Å². The molecule has 9 heteroatoms. The lowest BCUT2D eigenvalue weighted by atomic mass is 9.80. The van der Waals surface area contributed by atoms with Gasteiger partial charge in [0, 0.05) is 18.3 Å². The van der Waals surface area contributed by atoms with E-state index < -0.39 is 28.3 Å². The number of amides is 1. The van der Waals surface area contributed by atoms with E-state index in [4.69, 9.17) is 4.74 Å². The Labute approximate surface area is 198 Å². The number of rotatable bonds is 14. The van der Waals surface area contributed by atoms with Crippen molar-refractivity contribution in [3.05, 3.63) is 24.3 Å². The Morgan fingerprint density at radius 3 is 2.61 bits per heavy atom. The van der Waals surface area contributed by atoms with Crippen molar-refractivity contribution in [2.75, 3.05) is 12.9 Å². The molecule has 0 bridgehead atoms. The third-order valence-corrected chi connectivity index (χ3v) is 6.58. The van der Waals surface area contributed by atoms with Crippen molar-refractivity contribution in [3.63, 3.8) is 0 Å². The molecule has 1 rings (SSSR count). The van der Waals surface area contributed by atoms with Gasteiger partial charge in [-0.15, -0.1) is 0 Å². The highest BCUT2D eigenvalue weighted by atomic mass is 32.2. The molecule has 0 aliphatic heterocycles. The maximum absolute atomic E-state index is 12.4. The lowest BCUT2D eigenvalue weighted by Crippen LogP contribution is -2.30. The number of ether oxygens (including phenoxy) is 1. The van der Waals surface area contributed by atoms with Crippen LogP contribution in [0.5, 0.6) is 0 Å². The van der Waals surface area contributed by atoms with Gasteiger partial charge in [0.25, 0.3) is 0 Å². The summed E-state index contributed by atoms with van der Waals surface area (Å²) in [6.07, 6.45) is 11.7. The highest BCUT2D eigenvalue weighted by molar-refractivity contribution is 7.89. The SMILES string of the molecule is CCCCC(C)(C)[C@H](O)/C=C/[C@H]1[C@H](O)CC(=O)[C@@H]1C/C=C\CCCCOC(=O)NS(C)(=O)=O. The number of Topliss-reactive ketones (excluding diaryl/α,β-unsaturated/α-hetero) is 1. The molecule has 0 aromatic carbocycles. The molecule has 8 nitrogen and oxygen atoms in total. The molecular formula is C24H41NO7S. The molecule has 190 valence electrons. The van der Waals surface area contributed by atoms with Gasteiger partial charge in [0.05, 0.1) is 25.1 Å². The Bertz CT molecular complexity index is 789. The smallest absolute Gasteiger partial charge is 0.420 e. The maximum Gasteiger partial charge on any atom is 0.420 e. The van der Waals surface area contributed by atoms with Gasteiger partial charge in [-0.3, -0.25) is 4.79 Å². The molecule has 0 aromatic rings. The summed E-state index contributed by atoms with van der Waals surface area (Å²) in [7, 11) is -3.62. The topological polar surface area (TPSA) is 130 Å². The Morgan fingerprint density at radius 2 is 1.97 bits per heavy atom. The van der Waals surface area contributed by atoms with Crippen LogP contribution in [0.15, 0.2) is 24.3 Å². The highest BCUT2D eigenvalue weighted by Crippen LogP contribution is 2.35. The van der Waals surface area contributed by atoms with Gasteiger partial charge in [0.2, 0.25) is 10.0 Å². The Balaban J connectivity index is 2.45. The van der Waals surface area contributed by atoms with E-state index in [-0.39, 0.29) is 36.1 Å². The molecule has 33 heavy (non-hydrogen) atoms. The minimum absolute atomic E-state index is 0.0341. The van der Waals surface area contributed by atoms with E-state index in [0.29, 0.717) is 12.8 Å². The summed E-state index contributed by atoms with van der Waals surface area (Å²) >= 11 is 0. The normalized spacial score (nSPS) is 22.8. The standard InChI is InChI=1S/C24H41NO7S/c1-5-6-15-24(2,3)22(28)14-13-19-18(20(26)17-21(19)27)12-10-8-7-9-11-16-32-23(29)25-33(4,30)31/h8,10,13-14,18-19,21-22,27-28H,5-7,9,11-12,15-17H2,1-4H3,(H,25,29)/b10-8-,14-13+/t18-,19-,21-,22-/m1/s1. The zero-order valence-electron chi connectivity index (χ0n) is 20.3. The van der Waals surface area contributed by atoms with Gasteiger partial charge in [-0.05, 0) is 37.5 Å². The fourth-order valence-corrected chi connectivity index (χ4v) is 4.23. The number of carbonyl (C=O) groups excluding carboxylic acids is 2. The number of carbonyl (C=O) groups is 2. The molecule has 1 fully saturated rings. The quantitative estimate of drug-likeness (QED) is 0.252. The summed E-state index contributed by atoms with van der Waals surface area (Å²) in [6.45, 7) is 6.28. The Hall–Kier alpha value is -1.71. The first kappa shape index (κ1) is 29.3. The number of sulfonamides is 1. The van der Waals surface area contributed by atoms with Crippen LogP contribution >= 0.6 is 0 Å². The predicted octanol–water partition coefficient (Wildman–Crippen LogP) is 3.49. The molecule has 0 heterocycles. The average Bonchev–Trinajstić information content (AvgIpc) is 2.97. The number of nitrogens with one attached hydrogen (secondary N) is 1. The number of aliphatic hydroxyl groups excluding tert-OH is 2. The summed E-state index contributed by atoms with van der Waals surface area (Å²) in [4.78, 5) is 23.6. The Kier molecular flexibility index (Phi) is 12.3. The molecule has 0 unspecified atom stereocenters.